The molecule has 1 saturated heterocycles. The van der Waals surface area contributed by atoms with Crippen molar-refractivity contribution in [3.05, 3.63) is 35.4 Å². The van der Waals surface area contributed by atoms with E-state index in [1.165, 1.54) is 0 Å². The molecule has 0 bridgehead atoms. The van der Waals surface area contributed by atoms with Gasteiger partial charge in [-0.3, -0.25) is 9.59 Å². The molecule has 1 atom stereocenters. The second kappa shape index (κ2) is 9.56. The van der Waals surface area contributed by atoms with Gasteiger partial charge in [-0.25, -0.2) is 0 Å². The van der Waals surface area contributed by atoms with Gasteiger partial charge in [0.15, 0.2) is 0 Å². The first-order chi connectivity index (χ1) is 12.0. The van der Waals surface area contributed by atoms with Crippen molar-refractivity contribution in [3.63, 3.8) is 0 Å². The minimum absolute atomic E-state index is 0.0211. The summed E-state index contributed by atoms with van der Waals surface area (Å²) in [5, 5.41) is 3.04. The number of carbonyl (C=O) groups excluding carboxylic acids is 2. The van der Waals surface area contributed by atoms with E-state index in [2.05, 4.69) is 5.32 Å². The number of benzene rings is 1. The molecule has 138 valence electrons. The third-order valence-electron chi connectivity index (χ3n) is 4.63. The van der Waals surface area contributed by atoms with E-state index in [9.17, 15) is 9.59 Å². The van der Waals surface area contributed by atoms with Gasteiger partial charge in [-0.05, 0) is 30.9 Å². The van der Waals surface area contributed by atoms with Crippen molar-refractivity contribution in [3.8, 4) is 0 Å². The van der Waals surface area contributed by atoms with Crippen molar-refractivity contribution in [2.45, 2.75) is 46.8 Å². The molecule has 2 rings (SSSR count). The van der Waals surface area contributed by atoms with Gasteiger partial charge in [0.2, 0.25) is 11.8 Å². The Morgan fingerprint density at radius 3 is 2.68 bits per heavy atom. The highest BCUT2D eigenvalue weighted by molar-refractivity contribution is 5.82. The van der Waals surface area contributed by atoms with Gasteiger partial charge in [-0.1, -0.05) is 38.1 Å². The van der Waals surface area contributed by atoms with Gasteiger partial charge in [-0.2, -0.15) is 0 Å². The van der Waals surface area contributed by atoms with Gasteiger partial charge < -0.3 is 15.0 Å². The molecule has 5 heteroatoms. The number of carbonyl (C=O) groups is 2. The molecule has 0 radical (unpaired) electrons. The van der Waals surface area contributed by atoms with Crippen LogP contribution in [0.1, 0.15) is 44.7 Å². The molecule has 1 aromatic carbocycles. The fourth-order valence-electron chi connectivity index (χ4n) is 3.17. The zero-order valence-electron chi connectivity index (χ0n) is 15.6. The SMILES string of the molecule is CCOCc1ccccc1CNC(=O)C1CCCN(C(=O)C(C)C)C1. The minimum atomic E-state index is -0.115. The van der Waals surface area contributed by atoms with Gasteiger partial charge >= 0.3 is 0 Å². The van der Waals surface area contributed by atoms with Crippen LogP contribution in [-0.4, -0.2) is 36.4 Å². The van der Waals surface area contributed by atoms with Crippen molar-refractivity contribution in [2.75, 3.05) is 19.7 Å². The maximum Gasteiger partial charge on any atom is 0.225 e. The molecule has 1 N–H and O–H groups in total. The number of amides is 2. The summed E-state index contributed by atoms with van der Waals surface area (Å²) in [5.41, 5.74) is 2.18. The summed E-state index contributed by atoms with van der Waals surface area (Å²) in [7, 11) is 0. The number of piperidine rings is 1. The van der Waals surface area contributed by atoms with Gasteiger partial charge in [0, 0.05) is 32.2 Å². The van der Waals surface area contributed by atoms with Gasteiger partial charge in [0.05, 0.1) is 12.5 Å². The maximum absolute atomic E-state index is 12.6. The number of likely N-dealkylation sites (tertiary alicyclic amines) is 1. The summed E-state index contributed by atoms with van der Waals surface area (Å²) >= 11 is 0. The standard InChI is InChI=1S/C20H30N2O3/c1-4-25-14-18-9-6-5-8-16(18)12-21-19(23)17-10-7-11-22(13-17)20(24)15(2)3/h5-6,8-9,15,17H,4,7,10-14H2,1-3H3,(H,21,23). The summed E-state index contributed by atoms with van der Waals surface area (Å²) in [6, 6.07) is 8.00. The highest BCUT2D eigenvalue weighted by Gasteiger charge is 2.29. The van der Waals surface area contributed by atoms with Gasteiger partial charge in [0.25, 0.3) is 0 Å². The normalized spacial score (nSPS) is 17.6. The predicted octanol–water partition coefficient (Wildman–Crippen LogP) is 2.73. The molecule has 1 fully saturated rings. The van der Waals surface area contributed by atoms with E-state index in [1.807, 2.05) is 49.9 Å². The summed E-state index contributed by atoms with van der Waals surface area (Å²) in [6.07, 6.45) is 1.73. The molecule has 1 aromatic rings. The molecule has 0 spiro atoms. The first-order valence-corrected chi connectivity index (χ1v) is 9.24. The molecule has 0 aliphatic carbocycles. The Morgan fingerprint density at radius 2 is 2.00 bits per heavy atom. The van der Waals surface area contributed by atoms with Crippen molar-refractivity contribution < 1.29 is 14.3 Å². The van der Waals surface area contributed by atoms with Crippen LogP contribution in [-0.2, 0) is 27.5 Å². The van der Waals surface area contributed by atoms with Crippen LogP contribution in [0.5, 0.6) is 0 Å². The third kappa shape index (κ3) is 5.56. The molecule has 5 nitrogen and oxygen atoms in total. The van der Waals surface area contributed by atoms with Gasteiger partial charge in [0.1, 0.15) is 0 Å². The third-order valence-corrected chi connectivity index (χ3v) is 4.63. The molecule has 2 amide bonds. The first-order valence-electron chi connectivity index (χ1n) is 9.24. The Hall–Kier alpha value is -1.88. The molecular weight excluding hydrogens is 316 g/mol. The molecule has 1 unspecified atom stereocenters. The number of hydrogen-bond donors (Lipinski definition) is 1. The number of nitrogens with one attached hydrogen (secondary N) is 1. The van der Waals surface area contributed by atoms with Crippen LogP contribution in [0.2, 0.25) is 0 Å². The van der Waals surface area contributed by atoms with Crippen LogP contribution >= 0.6 is 0 Å². The Morgan fingerprint density at radius 1 is 1.28 bits per heavy atom. The number of ether oxygens (including phenoxy) is 1. The monoisotopic (exact) mass is 346 g/mol. The molecule has 0 saturated carbocycles. The largest absolute Gasteiger partial charge is 0.377 e. The van der Waals surface area contributed by atoms with Crippen LogP contribution in [0.15, 0.2) is 24.3 Å². The highest BCUT2D eigenvalue weighted by atomic mass is 16.5. The summed E-state index contributed by atoms with van der Waals surface area (Å²) in [6.45, 7) is 8.80. The van der Waals surface area contributed by atoms with Crippen LogP contribution < -0.4 is 5.32 Å². The van der Waals surface area contributed by atoms with Crippen LogP contribution in [0.25, 0.3) is 0 Å². The second-order valence-electron chi connectivity index (χ2n) is 6.90. The molecular formula is C20H30N2O3. The zero-order valence-corrected chi connectivity index (χ0v) is 15.6. The van der Waals surface area contributed by atoms with Crippen molar-refractivity contribution in [1.29, 1.82) is 0 Å². The van der Waals surface area contributed by atoms with Crippen molar-refractivity contribution >= 4 is 11.8 Å². The van der Waals surface area contributed by atoms with Crippen LogP contribution in [0, 0.1) is 11.8 Å². The van der Waals surface area contributed by atoms with E-state index in [0.29, 0.717) is 26.3 Å². The van der Waals surface area contributed by atoms with E-state index in [0.717, 1.165) is 30.5 Å². The molecule has 1 heterocycles. The van der Waals surface area contributed by atoms with E-state index < -0.39 is 0 Å². The predicted molar refractivity (Wildman–Crippen MR) is 97.8 cm³/mol. The average Bonchev–Trinajstić information content (AvgIpc) is 2.64. The smallest absolute Gasteiger partial charge is 0.225 e. The minimum Gasteiger partial charge on any atom is -0.377 e. The lowest BCUT2D eigenvalue weighted by Gasteiger charge is -2.33. The molecule has 1 aliphatic rings. The second-order valence-corrected chi connectivity index (χ2v) is 6.90. The summed E-state index contributed by atoms with van der Waals surface area (Å²) < 4.78 is 5.49. The van der Waals surface area contributed by atoms with Gasteiger partial charge in [-0.15, -0.1) is 0 Å². The lowest BCUT2D eigenvalue weighted by molar-refractivity contribution is -0.138. The van der Waals surface area contributed by atoms with Crippen LogP contribution in [0.3, 0.4) is 0 Å². The Kier molecular flexibility index (Phi) is 7.44. The Labute approximate surface area is 150 Å². The average molecular weight is 346 g/mol. The maximum atomic E-state index is 12.6. The quantitative estimate of drug-likeness (QED) is 0.826. The molecule has 1 aliphatic heterocycles. The fourth-order valence-corrected chi connectivity index (χ4v) is 3.17. The molecule has 25 heavy (non-hydrogen) atoms. The summed E-state index contributed by atoms with van der Waals surface area (Å²) in [4.78, 5) is 26.6. The van der Waals surface area contributed by atoms with Crippen LogP contribution in [0.4, 0.5) is 0 Å². The number of nitrogens with zero attached hydrogens (tertiary/aromatic N) is 1. The fraction of sp³-hybridized carbons (Fsp3) is 0.600. The number of hydrogen-bond acceptors (Lipinski definition) is 3. The first kappa shape index (κ1) is 19.4. The van der Waals surface area contributed by atoms with Crippen molar-refractivity contribution in [1.82, 2.24) is 10.2 Å². The van der Waals surface area contributed by atoms with Crippen molar-refractivity contribution in [2.24, 2.45) is 11.8 Å². The highest BCUT2D eigenvalue weighted by Crippen LogP contribution is 2.19. The summed E-state index contributed by atoms with van der Waals surface area (Å²) in [5.74, 6) is 0.0368. The Balaban J connectivity index is 1.91. The van der Waals surface area contributed by atoms with E-state index in [-0.39, 0.29) is 23.7 Å². The lowest BCUT2D eigenvalue weighted by atomic mass is 9.96. The lowest BCUT2D eigenvalue weighted by Crippen LogP contribution is -2.46. The molecule has 0 aromatic heterocycles. The van der Waals surface area contributed by atoms with E-state index in [4.69, 9.17) is 4.74 Å². The topological polar surface area (TPSA) is 58.6 Å². The Bertz CT molecular complexity index is 586. The van der Waals surface area contributed by atoms with E-state index in [1.54, 1.807) is 0 Å². The van der Waals surface area contributed by atoms with E-state index >= 15 is 0 Å². The number of rotatable bonds is 7. The zero-order chi connectivity index (χ0) is 18.2.